The van der Waals surface area contributed by atoms with Gasteiger partial charge in [-0.15, -0.1) is 0 Å². The molecule has 5 nitrogen and oxygen atoms in total. The smallest absolute Gasteiger partial charge is 0.297 e. The van der Waals surface area contributed by atoms with Crippen LogP contribution in [-0.4, -0.2) is 14.9 Å². The summed E-state index contributed by atoms with van der Waals surface area (Å²) >= 11 is 0. The molecule has 6 heteroatoms. The number of aromatic nitrogens is 2. The molecule has 0 saturated heterocycles. The monoisotopic (exact) mass is 384 g/mol. The Morgan fingerprint density at radius 2 is 1.86 bits per heavy atom. The molecule has 0 bridgehead atoms. The SMILES string of the molecule is O=C(Cc1cccc(F)c1)Cn1c2c(c(=O)n(C3CCCCC3)c1=O)CCC2. The van der Waals surface area contributed by atoms with Gasteiger partial charge in [-0.2, -0.15) is 0 Å². The van der Waals surface area contributed by atoms with E-state index in [9.17, 15) is 18.8 Å². The van der Waals surface area contributed by atoms with Gasteiger partial charge in [0.1, 0.15) is 5.82 Å². The standard InChI is InChI=1S/C22H25FN2O3/c23-16-7-4-6-15(12-16)13-18(26)14-24-20-11-5-10-19(20)21(27)25(22(24)28)17-8-2-1-3-9-17/h4,6-7,12,17H,1-3,5,8-11,13-14H2. The molecule has 1 heterocycles. The minimum atomic E-state index is -0.380. The fourth-order valence-electron chi connectivity index (χ4n) is 4.66. The van der Waals surface area contributed by atoms with Gasteiger partial charge < -0.3 is 0 Å². The van der Waals surface area contributed by atoms with Gasteiger partial charge in [-0.05, 0) is 49.8 Å². The second kappa shape index (κ2) is 7.86. The largest absolute Gasteiger partial charge is 0.331 e. The molecule has 4 rings (SSSR count). The zero-order chi connectivity index (χ0) is 19.7. The summed E-state index contributed by atoms with van der Waals surface area (Å²) < 4.78 is 16.3. The Bertz CT molecular complexity index is 1020. The number of halogens is 1. The van der Waals surface area contributed by atoms with Crippen molar-refractivity contribution in [1.82, 2.24) is 9.13 Å². The van der Waals surface area contributed by atoms with Crippen molar-refractivity contribution in [2.24, 2.45) is 0 Å². The Hall–Kier alpha value is -2.50. The van der Waals surface area contributed by atoms with Gasteiger partial charge in [0, 0.05) is 23.7 Å². The average Bonchev–Trinajstić information content (AvgIpc) is 3.16. The van der Waals surface area contributed by atoms with Crippen molar-refractivity contribution in [3.8, 4) is 0 Å². The molecule has 0 radical (unpaired) electrons. The average molecular weight is 384 g/mol. The van der Waals surface area contributed by atoms with Crippen LogP contribution in [0.3, 0.4) is 0 Å². The summed E-state index contributed by atoms with van der Waals surface area (Å²) in [6, 6.07) is 5.89. The van der Waals surface area contributed by atoms with E-state index in [2.05, 4.69) is 0 Å². The highest BCUT2D eigenvalue weighted by atomic mass is 19.1. The van der Waals surface area contributed by atoms with Crippen molar-refractivity contribution < 1.29 is 9.18 Å². The zero-order valence-corrected chi connectivity index (χ0v) is 16.0. The van der Waals surface area contributed by atoms with E-state index in [0.717, 1.165) is 44.2 Å². The first-order valence-corrected chi connectivity index (χ1v) is 10.2. The molecule has 0 atom stereocenters. The first-order chi connectivity index (χ1) is 13.5. The van der Waals surface area contributed by atoms with Crippen LogP contribution in [0, 0.1) is 5.82 Å². The Morgan fingerprint density at radius 1 is 1.07 bits per heavy atom. The van der Waals surface area contributed by atoms with E-state index < -0.39 is 0 Å². The lowest BCUT2D eigenvalue weighted by molar-refractivity contribution is -0.119. The van der Waals surface area contributed by atoms with E-state index in [0.29, 0.717) is 24.0 Å². The van der Waals surface area contributed by atoms with Crippen molar-refractivity contribution in [3.63, 3.8) is 0 Å². The normalized spacial score (nSPS) is 16.9. The fraction of sp³-hybridized carbons (Fsp3) is 0.500. The predicted octanol–water partition coefficient (Wildman–Crippen LogP) is 2.95. The molecule has 0 unspecified atom stereocenters. The van der Waals surface area contributed by atoms with Gasteiger partial charge >= 0.3 is 5.69 Å². The summed E-state index contributed by atoms with van der Waals surface area (Å²) in [7, 11) is 0. The number of ketones is 1. The van der Waals surface area contributed by atoms with Crippen LogP contribution in [0.1, 0.15) is 61.4 Å². The molecule has 0 N–H and O–H groups in total. The molecule has 2 aliphatic rings. The van der Waals surface area contributed by atoms with E-state index in [-0.39, 0.29) is 41.9 Å². The molecular formula is C22H25FN2O3. The number of rotatable bonds is 5. The molecule has 148 valence electrons. The highest BCUT2D eigenvalue weighted by Crippen LogP contribution is 2.27. The number of Topliss-reactive ketones (excluding diaryl/α,β-unsaturated/α-hetero) is 1. The van der Waals surface area contributed by atoms with Crippen molar-refractivity contribution in [3.05, 3.63) is 67.7 Å². The maximum Gasteiger partial charge on any atom is 0.331 e. The summed E-state index contributed by atoms with van der Waals surface area (Å²) in [4.78, 5) is 38.8. The molecule has 1 fully saturated rings. The van der Waals surface area contributed by atoms with Crippen molar-refractivity contribution in [2.75, 3.05) is 0 Å². The maximum atomic E-state index is 13.4. The summed E-state index contributed by atoms with van der Waals surface area (Å²) in [5.74, 6) is -0.537. The Kier molecular flexibility index (Phi) is 5.29. The molecule has 28 heavy (non-hydrogen) atoms. The van der Waals surface area contributed by atoms with E-state index >= 15 is 0 Å². The first-order valence-electron chi connectivity index (χ1n) is 10.2. The van der Waals surface area contributed by atoms with Crippen LogP contribution < -0.4 is 11.2 Å². The molecule has 1 aromatic heterocycles. The lowest BCUT2D eigenvalue weighted by Crippen LogP contribution is -2.46. The van der Waals surface area contributed by atoms with Gasteiger partial charge in [0.05, 0.1) is 6.54 Å². The van der Waals surface area contributed by atoms with E-state index in [1.54, 1.807) is 12.1 Å². The lowest BCUT2D eigenvalue weighted by atomic mass is 9.95. The number of carbonyl (C=O) groups is 1. The van der Waals surface area contributed by atoms with Crippen molar-refractivity contribution in [2.45, 2.75) is 70.4 Å². The lowest BCUT2D eigenvalue weighted by Gasteiger charge is -2.25. The van der Waals surface area contributed by atoms with Crippen LogP contribution >= 0.6 is 0 Å². The minimum absolute atomic E-state index is 0.0648. The highest BCUT2D eigenvalue weighted by molar-refractivity contribution is 5.80. The first kappa shape index (κ1) is 18.8. The van der Waals surface area contributed by atoms with Crippen molar-refractivity contribution >= 4 is 5.78 Å². The van der Waals surface area contributed by atoms with E-state index in [4.69, 9.17) is 0 Å². The fourth-order valence-corrected chi connectivity index (χ4v) is 4.66. The van der Waals surface area contributed by atoms with Crippen LogP contribution in [0.2, 0.25) is 0 Å². The highest BCUT2D eigenvalue weighted by Gasteiger charge is 2.27. The number of hydrogen-bond donors (Lipinski definition) is 0. The van der Waals surface area contributed by atoms with Crippen LogP contribution in [0.25, 0.3) is 0 Å². The summed E-state index contributed by atoms with van der Waals surface area (Å²) in [5.41, 5.74) is 1.50. The van der Waals surface area contributed by atoms with Gasteiger partial charge in [0.2, 0.25) is 0 Å². The third-order valence-corrected chi connectivity index (χ3v) is 5.99. The van der Waals surface area contributed by atoms with Crippen molar-refractivity contribution in [1.29, 1.82) is 0 Å². The minimum Gasteiger partial charge on any atom is -0.297 e. The van der Waals surface area contributed by atoms with Gasteiger partial charge in [0.25, 0.3) is 5.56 Å². The third-order valence-electron chi connectivity index (χ3n) is 5.99. The van der Waals surface area contributed by atoms with Gasteiger partial charge in [-0.3, -0.25) is 18.7 Å². The number of hydrogen-bond acceptors (Lipinski definition) is 3. The predicted molar refractivity (Wildman–Crippen MR) is 104 cm³/mol. The molecule has 0 spiro atoms. The molecular weight excluding hydrogens is 359 g/mol. The van der Waals surface area contributed by atoms with E-state index in [1.807, 2.05) is 0 Å². The van der Waals surface area contributed by atoms with Gasteiger partial charge in [-0.1, -0.05) is 31.4 Å². The summed E-state index contributed by atoms with van der Waals surface area (Å²) in [6.45, 7) is -0.0648. The van der Waals surface area contributed by atoms with E-state index in [1.165, 1.54) is 21.3 Å². The Balaban J connectivity index is 1.68. The van der Waals surface area contributed by atoms with Gasteiger partial charge in [-0.25, -0.2) is 9.18 Å². The molecule has 1 aromatic carbocycles. The van der Waals surface area contributed by atoms with Gasteiger partial charge in [0.15, 0.2) is 5.78 Å². The molecule has 2 aliphatic carbocycles. The Morgan fingerprint density at radius 3 is 2.61 bits per heavy atom. The number of benzene rings is 1. The van der Waals surface area contributed by atoms with Crippen LogP contribution in [0.5, 0.6) is 0 Å². The summed E-state index contributed by atoms with van der Waals surface area (Å²) in [6.07, 6.45) is 7.07. The second-order valence-electron chi connectivity index (χ2n) is 7.96. The molecule has 2 aromatic rings. The topological polar surface area (TPSA) is 61.1 Å². The maximum absolute atomic E-state index is 13.4. The second-order valence-corrected chi connectivity index (χ2v) is 7.96. The Labute approximate surface area is 162 Å². The number of fused-ring (bicyclic) bond motifs is 1. The van der Waals surface area contributed by atoms with Crippen LogP contribution in [-0.2, 0) is 30.6 Å². The quantitative estimate of drug-likeness (QED) is 0.796. The zero-order valence-electron chi connectivity index (χ0n) is 16.0. The molecule has 0 amide bonds. The number of carbonyl (C=O) groups excluding carboxylic acids is 1. The third kappa shape index (κ3) is 3.60. The molecule has 1 saturated carbocycles. The van der Waals surface area contributed by atoms with Crippen LogP contribution in [0.4, 0.5) is 4.39 Å². The molecule has 0 aliphatic heterocycles. The van der Waals surface area contributed by atoms with Crippen LogP contribution in [0.15, 0.2) is 33.9 Å². The summed E-state index contributed by atoms with van der Waals surface area (Å²) in [5, 5.41) is 0. The number of nitrogens with zero attached hydrogens (tertiary/aromatic N) is 2.